The predicted molar refractivity (Wildman–Crippen MR) is 126 cm³/mol. The lowest BCUT2D eigenvalue weighted by Crippen LogP contribution is -2.16. The summed E-state index contributed by atoms with van der Waals surface area (Å²) in [4.78, 5) is 25.2. The topological polar surface area (TPSA) is 69.6 Å². The van der Waals surface area contributed by atoms with Gasteiger partial charge in [-0.3, -0.25) is 4.79 Å². The molecule has 3 aromatic rings. The Labute approximate surface area is 189 Å². The van der Waals surface area contributed by atoms with E-state index in [9.17, 15) is 9.59 Å². The standard InChI is InChI=1S/C26H30N2O4/c1-6-32-26(30)21-16-23(20-10-7-17(2)8-11-20)28(19(21)4)14-13-25(29)27-22-15-18(3)9-12-24(22)31-5/h7-12,15-16H,6,13-14H2,1-5H3,(H,27,29). The van der Waals surface area contributed by atoms with Gasteiger partial charge in [0, 0.05) is 24.4 Å². The van der Waals surface area contributed by atoms with Crippen LogP contribution in [0, 0.1) is 20.8 Å². The van der Waals surface area contributed by atoms with Crippen LogP contribution in [0.25, 0.3) is 11.3 Å². The fourth-order valence-corrected chi connectivity index (χ4v) is 3.66. The quantitative estimate of drug-likeness (QED) is 0.489. The number of carbonyl (C=O) groups excluding carboxylic acids is 2. The maximum atomic E-state index is 12.7. The van der Waals surface area contributed by atoms with Crippen LogP contribution in [0.5, 0.6) is 5.75 Å². The van der Waals surface area contributed by atoms with Crippen LogP contribution in [0.4, 0.5) is 5.69 Å². The van der Waals surface area contributed by atoms with Gasteiger partial charge in [-0.2, -0.15) is 0 Å². The molecule has 1 heterocycles. The molecule has 0 spiro atoms. The van der Waals surface area contributed by atoms with Gasteiger partial charge in [0.1, 0.15) is 5.75 Å². The highest BCUT2D eigenvalue weighted by Crippen LogP contribution is 2.28. The summed E-state index contributed by atoms with van der Waals surface area (Å²) in [5.41, 5.74) is 5.99. The Morgan fingerprint density at radius 1 is 0.969 bits per heavy atom. The van der Waals surface area contributed by atoms with E-state index < -0.39 is 0 Å². The molecule has 6 nitrogen and oxygen atoms in total. The number of anilines is 1. The number of aryl methyl sites for hydroxylation is 2. The first kappa shape index (κ1) is 23.1. The number of hydrogen-bond acceptors (Lipinski definition) is 4. The molecule has 0 saturated heterocycles. The molecule has 0 aliphatic carbocycles. The maximum absolute atomic E-state index is 12.7. The molecule has 0 radical (unpaired) electrons. The smallest absolute Gasteiger partial charge is 0.339 e. The first-order chi connectivity index (χ1) is 15.3. The van der Waals surface area contributed by atoms with E-state index in [1.807, 2.05) is 73.9 Å². The number of esters is 1. The molecule has 168 valence electrons. The molecule has 6 heteroatoms. The molecular weight excluding hydrogens is 404 g/mol. The number of nitrogens with zero attached hydrogens (tertiary/aromatic N) is 1. The average molecular weight is 435 g/mol. The molecule has 0 aliphatic rings. The van der Waals surface area contributed by atoms with Crippen LogP contribution in [0.1, 0.15) is 40.5 Å². The molecule has 1 aromatic heterocycles. The van der Waals surface area contributed by atoms with Gasteiger partial charge in [-0.1, -0.05) is 35.9 Å². The van der Waals surface area contributed by atoms with Gasteiger partial charge in [0.25, 0.3) is 0 Å². The van der Waals surface area contributed by atoms with Gasteiger partial charge in [0.15, 0.2) is 0 Å². The number of hydrogen-bond donors (Lipinski definition) is 1. The second-order valence-electron chi connectivity index (χ2n) is 7.77. The lowest BCUT2D eigenvalue weighted by molar-refractivity contribution is -0.116. The number of rotatable bonds is 8. The van der Waals surface area contributed by atoms with Crippen LogP contribution < -0.4 is 10.1 Å². The van der Waals surface area contributed by atoms with Crippen molar-refractivity contribution in [3.05, 3.63) is 70.9 Å². The third-order valence-corrected chi connectivity index (χ3v) is 5.40. The Hall–Kier alpha value is -3.54. The Balaban J connectivity index is 1.86. The zero-order valence-corrected chi connectivity index (χ0v) is 19.3. The summed E-state index contributed by atoms with van der Waals surface area (Å²) in [6, 6.07) is 15.6. The van der Waals surface area contributed by atoms with Crippen molar-refractivity contribution in [3.8, 4) is 17.0 Å². The van der Waals surface area contributed by atoms with Crippen LogP contribution in [0.3, 0.4) is 0 Å². The van der Waals surface area contributed by atoms with Gasteiger partial charge in [-0.05, 0) is 57.0 Å². The van der Waals surface area contributed by atoms with E-state index in [2.05, 4.69) is 5.32 Å². The molecule has 0 fully saturated rings. The number of benzene rings is 2. The number of carbonyl (C=O) groups is 2. The van der Waals surface area contributed by atoms with E-state index in [1.54, 1.807) is 14.0 Å². The van der Waals surface area contributed by atoms with E-state index in [4.69, 9.17) is 9.47 Å². The third kappa shape index (κ3) is 5.19. The van der Waals surface area contributed by atoms with E-state index in [1.165, 1.54) is 0 Å². The average Bonchev–Trinajstić information content (AvgIpc) is 3.09. The Bertz CT molecular complexity index is 1110. The molecule has 0 unspecified atom stereocenters. The molecule has 0 saturated carbocycles. The van der Waals surface area contributed by atoms with Crippen molar-refractivity contribution in [2.45, 2.75) is 40.7 Å². The monoisotopic (exact) mass is 434 g/mol. The van der Waals surface area contributed by atoms with Crippen molar-refractivity contribution in [2.24, 2.45) is 0 Å². The van der Waals surface area contributed by atoms with Gasteiger partial charge in [-0.15, -0.1) is 0 Å². The number of methoxy groups -OCH3 is 1. The number of ether oxygens (including phenoxy) is 2. The summed E-state index contributed by atoms with van der Waals surface area (Å²) < 4.78 is 12.6. The minimum absolute atomic E-state index is 0.130. The van der Waals surface area contributed by atoms with Gasteiger partial charge >= 0.3 is 5.97 Å². The minimum Gasteiger partial charge on any atom is -0.495 e. The van der Waals surface area contributed by atoms with Crippen molar-refractivity contribution in [1.29, 1.82) is 0 Å². The van der Waals surface area contributed by atoms with Gasteiger partial charge in [0.2, 0.25) is 5.91 Å². The molecule has 2 aromatic carbocycles. The highest BCUT2D eigenvalue weighted by molar-refractivity contribution is 5.94. The predicted octanol–water partition coefficient (Wildman–Crippen LogP) is 5.29. The van der Waals surface area contributed by atoms with E-state index >= 15 is 0 Å². The Morgan fingerprint density at radius 3 is 2.31 bits per heavy atom. The minimum atomic E-state index is -0.355. The molecule has 1 N–H and O–H groups in total. The molecule has 32 heavy (non-hydrogen) atoms. The molecule has 1 amide bonds. The summed E-state index contributed by atoms with van der Waals surface area (Å²) in [7, 11) is 1.58. The van der Waals surface area contributed by atoms with E-state index in [0.717, 1.165) is 28.1 Å². The van der Waals surface area contributed by atoms with Crippen molar-refractivity contribution in [2.75, 3.05) is 19.0 Å². The third-order valence-electron chi connectivity index (χ3n) is 5.40. The van der Waals surface area contributed by atoms with Crippen LogP contribution in [0.15, 0.2) is 48.5 Å². The normalized spacial score (nSPS) is 10.7. The molecular formula is C26H30N2O4. The van der Waals surface area contributed by atoms with Crippen LogP contribution in [-0.4, -0.2) is 30.2 Å². The van der Waals surface area contributed by atoms with Crippen LogP contribution in [0.2, 0.25) is 0 Å². The fourth-order valence-electron chi connectivity index (χ4n) is 3.66. The number of aromatic nitrogens is 1. The van der Waals surface area contributed by atoms with Crippen LogP contribution >= 0.6 is 0 Å². The van der Waals surface area contributed by atoms with Gasteiger partial charge in [-0.25, -0.2) is 4.79 Å². The molecule has 0 aliphatic heterocycles. The summed E-state index contributed by atoms with van der Waals surface area (Å²) in [6.07, 6.45) is 0.244. The number of nitrogens with one attached hydrogen (secondary N) is 1. The zero-order valence-electron chi connectivity index (χ0n) is 19.3. The van der Waals surface area contributed by atoms with E-state index in [0.29, 0.717) is 30.2 Å². The van der Waals surface area contributed by atoms with Crippen molar-refractivity contribution < 1.29 is 19.1 Å². The Morgan fingerprint density at radius 2 is 1.66 bits per heavy atom. The Kier molecular flexibility index (Phi) is 7.36. The first-order valence-electron chi connectivity index (χ1n) is 10.7. The molecule has 0 bridgehead atoms. The van der Waals surface area contributed by atoms with Crippen molar-refractivity contribution >= 4 is 17.6 Å². The number of amides is 1. The molecule has 3 rings (SSSR count). The largest absolute Gasteiger partial charge is 0.495 e. The maximum Gasteiger partial charge on any atom is 0.339 e. The van der Waals surface area contributed by atoms with Crippen molar-refractivity contribution in [3.63, 3.8) is 0 Å². The summed E-state index contributed by atoms with van der Waals surface area (Å²) in [5.74, 6) is 0.131. The summed E-state index contributed by atoms with van der Waals surface area (Å²) in [6.45, 7) is 8.39. The first-order valence-corrected chi connectivity index (χ1v) is 10.7. The second-order valence-corrected chi connectivity index (χ2v) is 7.77. The fraction of sp³-hybridized carbons (Fsp3) is 0.308. The lowest BCUT2D eigenvalue weighted by atomic mass is 10.1. The lowest BCUT2D eigenvalue weighted by Gasteiger charge is -2.14. The van der Waals surface area contributed by atoms with Crippen molar-refractivity contribution in [1.82, 2.24) is 4.57 Å². The van der Waals surface area contributed by atoms with Crippen LogP contribution in [-0.2, 0) is 16.1 Å². The zero-order chi connectivity index (χ0) is 23.3. The second kappa shape index (κ2) is 10.2. The summed E-state index contributed by atoms with van der Waals surface area (Å²) >= 11 is 0. The highest BCUT2D eigenvalue weighted by atomic mass is 16.5. The molecule has 0 atom stereocenters. The SMILES string of the molecule is CCOC(=O)c1cc(-c2ccc(C)cc2)n(CCC(=O)Nc2cc(C)ccc2OC)c1C. The van der Waals surface area contributed by atoms with Gasteiger partial charge in [0.05, 0.1) is 25.0 Å². The highest BCUT2D eigenvalue weighted by Gasteiger charge is 2.20. The summed E-state index contributed by atoms with van der Waals surface area (Å²) in [5, 5.41) is 2.94. The van der Waals surface area contributed by atoms with Gasteiger partial charge < -0.3 is 19.4 Å². The van der Waals surface area contributed by atoms with E-state index in [-0.39, 0.29) is 18.3 Å².